The number of fused-ring (bicyclic) bond motifs is 1. The minimum atomic E-state index is -0.0716. The summed E-state index contributed by atoms with van der Waals surface area (Å²) >= 11 is 0. The first-order valence-corrected chi connectivity index (χ1v) is 8.33. The zero-order valence-electron chi connectivity index (χ0n) is 13.5. The lowest BCUT2D eigenvalue weighted by atomic mass is 9.94. The van der Waals surface area contributed by atoms with E-state index in [4.69, 9.17) is 15.2 Å². The highest BCUT2D eigenvalue weighted by atomic mass is 16.5. The molecule has 2 rings (SSSR count). The van der Waals surface area contributed by atoms with Gasteiger partial charge in [0.2, 0.25) is 0 Å². The van der Waals surface area contributed by atoms with Crippen molar-refractivity contribution in [2.45, 2.75) is 45.4 Å². The second-order valence-electron chi connectivity index (χ2n) is 5.89. The highest BCUT2D eigenvalue weighted by Crippen LogP contribution is 2.29. The average molecular weight is 305 g/mol. The number of carbonyl (C=O) groups is 1. The van der Waals surface area contributed by atoms with Crippen LogP contribution in [0.1, 0.15) is 43.7 Å². The SMILES string of the molecule is CCOC(=O)CC1CCCc2cc(OCCCN)ccc2C1. The van der Waals surface area contributed by atoms with Crippen LogP contribution in [0.3, 0.4) is 0 Å². The van der Waals surface area contributed by atoms with E-state index in [1.165, 1.54) is 11.1 Å². The summed E-state index contributed by atoms with van der Waals surface area (Å²) in [6, 6.07) is 6.33. The van der Waals surface area contributed by atoms with Gasteiger partial charge in [-0.1, -0.05) is 6.07 Å². The molecule has 0 bridgehead atoms. The van der Waals surface area contributed by atoms with Crippen LogP contribution >= 0.6 is 0 Å². The Kier molecular flexibility index (Phi) is 6.72. The maximum atomic E-state index is 11.7. The lowest BCUT2D eigenvalue weighted by Crippen LogP contribution is -2.13. The summed E-state index contributed by atoms with van der Waals surface area (Å²) in [6.45, 7) is 3.64. The number of carbonyl (C=O) groups excluding carboxylic acids is 1. The van der Waals surface area contributed by atoms with Gasteiger partial charge >= 0.3 is 5.97 Å². The van der Waals surface area contributed by atoms with E-state index in [-0.39, 0.29) is 5.97 Å². The minimum absolute atomic E-state index is 0.0716. The van der Waals surface area contributed by atoms with Crippen LogP contribution in [-0.2, 0) is 22.4 Å². The Morgan fingerprint density at radius 2 is 2.23 bits per heavy atom. The van der Waals surface area contributed by atoms with Gasteiger partial charge in [0.1, 0.15) is 5.75 Å². The van der Waals surface area contributed by atoms with Crippen molar-refractivity contribution in [2.24, 2.45) is 11.7 Å². The van der Waals surface area contributed by atoms with Crippen molar-refractivity contribution in [1.29, 1.82) is 0 Å². The first-order valence-electron chi connectivity index (χ1n) is 8.33. The van der Waals surface area contributed by atoms with Crippen LogP contribution in [0.4, 0.5) is 0 Å². The number of aryl methyl sites for hydroxylation is 1. The van der Waals surface area contributed by atoms with Gasteiger partial charge < -0.3 is 15.2 Å². The summed E-state index contributed by atoms with van der Waals surface area (Å²) in [6.07, 6.45) is 5.61. The van der Waals surface area contributed by atoms with Crippen LogP contribution in [0.5, 0.6) is 5.75 Å². The number of ether oxygens (including phenoxy) is 2. The highest BCUT2D eigenvalue weighted by molar-refractivity contribution is 5.69. The normalized spacial score (nSPS) is 17.5. The Hall–Kier alpha value is -1.55. The third-order valence-corrected chi connectivity index (χ3v) is 4.12. The molecule has 1 aromatic carbocycles. The zero-order valence-corrected chi connectivity index (χ0v) is 13.5. The predicted octanol–water partition coefficient (Wildman–Crippen LogP) is 2.86. The van der Waals surface area contributed by atoms with E-state index >= 15 is 0 Å². The van der Waals surface area contributed by atoms with Crippen molar-refractivity contribution >= 4 is 5.97 Å². The molecule has 4 heteroatoms. The van der Waals surface area contributed by atoms with Gasteiger partial charge in [0, 0.05) is 6.42 Å². The summed E-state index contributed by atoms with van der Waals surface area (Å²) in [7, 11) is 0. The van der Waals surface area contributed by atoms with E-state index in [0.717, 1.165) is 37.9 Å². The van der Waals surface area contributed by atoms with Crippen LogP contribution in [0.2, 0.25) is 0 Å². The molecular formula is C18H27NO3. The van der Waals surface area contributed by atoms with Crippen molar-refractivity contribution in [2.75, 3.05) is 19.8 Å². The largest absolute Gasteiger partial charge is 0.494 e. The summed E-state index contributed by atoms with van der Waals surface area (Å²) in [5.41, 5.74) is 8.19. The van der Waals surface area contributed by atoms with Crippen molar-refractivity contribution in [3.8, 4) is 5.75 Å². The average Bonchev–Trinajstić information content (AvgIpc) is 2.69. The van der Waals surface area contributed by atoms with E-state index in [9.17, 15) is 4.79 Å². The van der Waals surface area contributed by atoms with Gasteiger partial charge in [-0.3, -0.25) is 4.79 Å². The van der Waals surface area contributed by atoms with Gasteiger partial charge in [-0.25, -0.2) is 0 Å². The molecule has 1 aromatic rings. The number of esters is 1. The summed E-state index contributed by atoms with van der Waals surface area (Å²) < 4.78 is 10.8. The molecule has 0 fully saturated rings. The monoisotopic (exact) mass is 305 g/mol. The zero-order chi connectivity index (χ0) is 15.8. The van der Waals surface area contributed by atoms with E-state index < -0.39 is 0 Å². The fourth-order valence-corrected chi connectivity index (χ4v) is 3.02. The lowest BCUT2D eigenvalue weighted by molar-refractivity contribution is -0.144. The molecule has 0 aromatic heterocycles. The third-order valence-electron chi connectivity index (χ3n) is 4.12. The molecule has 0 heterocycles. The highest BCUT2D eigenvalue weighted by Gasteiger charge is 2.20. The third kappa shape index (κ3) is 5.02. The molecule has 0 saturated heterocycles. The maximum Gasteiger partial charge on any atom is 0.306 e. The minimum Gasteiger partial charge on any atom is -0.494 e. The maximum absolute atomic E-state index is 11.7. The quantitative estimate of drug-likeness (QED) is 0.478. The van der Waals surface area contributed by atoms with Crippen LogP contribution in [0.25, 0.3) is 0 Å². The Bertz CT molecular complexity index is 487. The van der Waals surface area contributed by atoms with Crippen LogP contribution in [-0.4, -0.2) is 25.7 Å². The first-order chi connectivity index (χ1) is 10.7. The summed E-state index contributed by atoms with van der Waals surface area (Å²) in [5, 5.41) is 0. The molecule has 122 valence electrons. The number of rotatable bonds is 7. The molecule has 1 unspecified atom stereocenters. The van der Waals surface area contributed by atoms with Crippen molar-refractivity contribution in [1.82, 2.24) is 0 Å². The second-order valence-corrected chi connectivity index (χ2v) is 5.89. The van der Waals surface area contributed by atoms with Gasteiger partial charge in [0.05, 0.1) is 13.2 Å². The number of benzene rings is 1. The Morgan fingerprint density at radius 3 is 3.00 bits per heavy atom. The van der Waals surface area contributed by atoms with Crippen molar-refractivity contribution < 1.29 is 14.3 Å². The fourth-order valence-electron chi connectivity index (χ4n) is 3.02. The summed E-state index contributed by atoms with van der Waals surface area (Å²) in [5.74, 6) is 1.25. The molecule has 0 radical (unpaired) electrons. The number of hydrogen-bond donors (Lipinski definition) is 1. The molecule has 1 aliphatic carbocycles. The molecule has 1 atom stereocenters. The van der Waals surface area contributed by atoms with Crippen LogP contribution < -0.4 is 10.5 Å². The van der Waals surface area contributed by atoms with Gasteiger partial charge in [0.15, 0.2) is 0 Å². The Labute approximate surface area is 133 Å². The van der Waals surface area contributed by atoms with Gasteiger partial charge in [-0.2, -0.15) is 0 Å². The first kappa shape index (κ1) is 16.8. The molecular weight excluding hydrogens is 278 g/mol. The van der Waals surface area contributed by atoms with Crippen molar-refractivity contribution in [3.05, 3.63) is 29.3 Å². The molecule has 2 N–H and O–H groups in total. The molecule has 22 heavy (non-hydrogen) atoms. The van der Waals surface area contributed by atoms with Gasteiger partial charge in [-0.05, 0) is 74.8 Å². The van der Waals surface area contributed by atoms with Crippen molar-refractivity contribution in [3.63, 3.8) is 0 Å². The fraction of sp³-hybridized carbons (Fsp3) is 0.611. The molecule has 4 nitrogen and oxygen atoms in total. The lowest BCUT2D eigenvalue weighted by Gasteiger charge is -2.14. The second kappa shape index (κ2) is 8.79. The Morgan fingerprint density at radius 1 is 1.36 bits per heavy atom. The van der Waals surface area contributed by atoms with E-state index in [1.807, 2.05) is 13.0 Å². The topological polar surface area (TPSA) is 61.5 Å². The van der Waals surface area contributed by atoms with Gasteiger partial charge in [0.25, 0.3) is 0 Å². The smallest absolute Gasteiger partial charge is 0.306 e. The molecule has 0 spiro atoms. The van der Waals surface area contributed by atoms with E-state index in [1.54, 1.807) is 0 Å². The van der Waals surface area contributed by atoms with E-state index in [2.05, 4.69) is 12.1 Å². The molecule has 0 aliphatic heterocycles. The predicted molar refractivity (Wildman–Crippen MR) is 87.0 cm³/mol. The van der Waals surface area contributed by atoms with Gasteiger partial charge in [-0.15, -0.1) is 0 Å². The molecule has 1 aliphatic rings. The van der Waals surface area contributed by atoms with Crippen LogP contribution in [0.15, 0.2) is 18.2 Å². The molecule has 0 amide bonds. The molecule has 0 saturated carbocycles. The standard InChI is InChI=1S/C18H27NO3/c1-2-21-18(20)12-14-5-3-6-15-13-17(22-10-4-9-19)8-7-16(15)11-14/h7-8,13-14H,2-6,9-12,19H2,1H3. The number of nitrogens with two attached hydrogens (primary N) is 1. The Balaban J connectivity index is 1.97. The number of hydrogen-bond acceptors (Lipinski definition) is 4. The van der Waals surface area contributed by atoms with Crippen LogP contribution in [0, 0.1) is 5.92 Å². The van der Waals surface area contributed by atoms with E-state index in [0.29, 0.717) is 32.1 Å². The summed E-state index contributed by atoms with van der Waals surface area (Å²) in [4.78, 5) is 11.7.